The van der Waals surface area contributed by atoms with Gasteiger partial charge in [0, 0.05) is 25.7 Å². The third-order valence-corrected chi connectivity index (χ3v) is 2.82. The van der Waals surface area contributed by atoms with E-state index < -0.39 is 0 Å². The quantitative estimate of drug-likeness (QED) is 0.781. The largest absolute Gasteiger partial charge is 0.381 e. The summed E-state index contributed by atoms with van der Waals surface area (Å²) < 4.78 is 5.26. The molecule has 0 spiro atoms. The zero-order chi connectivity index (χ0) is 9.68. The van der Waals surface area contributed by atoms with Crippen LogP contribution in [0.1, 0.15) is 26.2 Å². The second kappa shape index (κ2) is 7.21. The van der Waals surface area contributed by atoms with Gasteiger partial charge in [-0.3, -0.25) is 4.79 Å². The lowest BCUT2D eigenvalue weighted by Gasteiger charge is -2.24. The van der Waals surface area contributed by atoms with Crippen molar-refractivity contribution >= 4 is 18.2 Å². The number of hydrogen-bond donors (Lipinski definition) is 1. The number of hydrogen-bond acceptors (Lipinski definition) is 3. The molecular weight excluding hydrogens is 202 g/mol. The first kappa shape index (κ1) is 13.9. The van der Waals surface area contributed by atoms with Crippen molar-refractivity contribution in [2.45, 2.75) is 26.2 Å². The minimum atomic E-state index is 0. The number of rotatable bonds is 4. The summed E-state index contributed by atoms with van der Waals surface area (Å²) in [5.74, 6) is 0.947. The molecule has 2 N–H and O–H groups in total. The van der Waals surface area contributed by atoms with Gasteiger partial charge in [0.05, 0.1) is 0 Å². The second-order valence-electron chi connectivity index (χ2n) is 3.83. The van der Waals surface area contributed by atoms with Crippen LogP contribution in [0.15, 0.2) is 0 Å². The molecule has 1 rings (SSSR count). The van der Waals surface area contributed by atoms with Gasteiger partial charge in [0.25, 0.3) is 0 Å². The molecule has 0 radical (unpaired) electrons. The van der Waals surface area contributed by atoms with E-state index in [-0.39, 0.29) is 24.1 Å². The van der Waals surface area contributed by atoms with Crippen LogP contribution in [-0.2, 0) is 9.53 Å². The molecule has 0 aromatic heterocycles. The summed E-state index contributed by atoms with van der Waals surface area (Å²) in [6.45, 7) is 3.82. The van der Waals surface area contributed by atoms with E-state index >= 15 is 0 Å². The number of ether oxygens (including phenoxy) is 1. The molecule has 1 saturated heterocycles. The highest BCUT2D eigenvalue weighted by atomic mass is 35.5. The summed E-state index contributed by atoms with van der Waals surface area (Å²) in [7, 11) is 0. The fourth-order valence-electron chi connectivity index (χ4n) is 1.81. The number of nitrogens with two attached hydrogens (primary N) is 1. The van der Waals surface area contributed by atoms with Crippen molar-refractivity contribution in [1.29, 1.82) is 0 Å². The zero-order valence-electron chi connectivity index (χ0n) is 8.70. The van der Waals surface area contributed by atoms with Crippen LogP contribution in [0, 0.1) is 11.8 Å². The molecule has 4 heteroatoms. The molecule has 0 aliphatic carbocycles. The van der Waals surface area contributed by atoms with Crippen LogP contribution in [-0.4, -0.2) is 25.5 Å². The Morgan fingerprint density at radius 1 is 1.50 bits per heavy atom. The summed E-state index contributed by atoms with van der Waals surface area (Å²) in [5, 5.41) is 0. The first-order chi connectivity index (χ1) is 6.24. The molecule has 0 saturated carbocycles. The summed E-state index contributed by atoms with van der Waals surface area (Å²) in [5.41, 5.74) is 5.54. The Morgan fingerprint density at radius 2 is 2.07 bits per heavy atom. The summed E-state index contributed by atoms with van der Waals surface area (Å²) in [6.07, 6.45) is 3.13. The van der Waals surface area contributed by atoms with E-state index in [1.54, 1.807) is 6.92 Å². The normalized spacial score (nSPS) is 19.9. The van der Waals surface area contributed by atoms with E-state index in [1.807, 2.05) is 0 Å². The smallest absolute Gasteiger partial charge is 0.134 e. The fraction of sp³-hybridized carbons (Fsp3) is 0.900. The van der Waals surface area contributed by atoms with Crippen molar-refractivity contribution in [3.05, 3.63) is 0 Å². The van der Waals surface area contributed by atoms with Crippen LogP contribution in [0.5, 0.6) is 0 Å². The van der Waals surface area contributed by atoms with Gasteiger partial charge in [-0.15, -0.1) is 12.4 Å². The van der Waals surface area contributed by atoms with Gasteiger partial charge in [-0.1, -0.05) is 0 Å². The minimum absolute atomic E-state index is 0. The molecule has 0 bridgehead atoms. The standard InChI is InChI=1S/C10H19NO2.ClH/c1-8(12)10(7-11)6-9-2-4-13-5-3-9;/h9-10H,2-7,11H2,1H3;1H. The van der Waals surface area contributed by atoms with Crippen molar-refractivity contribution in [3.8, 4) is 0 Å². The Labute approximate surface area is 91.8 Å². The number of ketones is 1. The molecule has 1 fully saturated rings. The second-order valence-corrected chi connectivity index (χ2v) is 3.83. The molecule has 84 valence electrons. The summed E-state index contributed by atoms with van der Waals surface area (Å²) in [6, 6.07) is 0. The minimum Gasteiger partial charge on any atom is -0.381 e. The van der Waals surface area contributed by atoms with E-state index in [0.717, 1.165) is 32.5 Å². The van der Waals surface area contributed by atoms with Gasteiger partial charge in [0.1, 0.15) is 5.78 Å². The van der Waals surface area contributed by atoms with Crippen LogP contribution in [0.4, 0.5) is 0 Å². The number of halogens is 1. The number of Topliss-reactive ketones (excluding diaryl/α,β-unsaturated/α-hetero) is 1. The third-order valence-electron chi connectivity index (χ3n) is 2.82. The van der Waals surface area contributed by atoms with Gasteiger partial charge in [0.2, 0.25) is 0 Å². The van der Waals surface area contributed by atoms with Gasteiger partial charge in [-0.05, 0) is 32.1 Å². The first-order valence-corrected chi connectivity index (χ1v) is 5.02. The van der Waals surface area contributed by atoms with Gasteiger partial charge < -0.3 is 10.5 Å². The third kappa shape index (κ3) is 4.40. The maximum Gasteiger partial charge on any atom is 0.134 e. The van der Waals surface area contributed by atoms with E-state index in [0.29, 0.717) is 12.5 Å². The molecular formula is C10H20ClNO2. The van der Waals surface area contributed by atoms with E-state index in [9.17, 15) is 4.79 Å². The number of carbonyl (C=O) groups is 1. The van der Waals surface area contributed by atoms with Gasteiger partial charge >= 0.3 is 0 Å². The van der Waals surface area contributed by atoms with Gasteiger partial charge in [0.15, 0.2) is 0 Å². The predicted octanol–water partition coefficient (Wildman–Crippen LogP) is 1.39. The van der Waals surface area contributed by atoms with Crippen LogP contribution in [0.2, 0.25) is 0 Å². The molecule has 0 aromatic carbocycles. The molecule has 0 amide bonds. The zero-order valence-corrected chi connectivity index (χ0v) is 9.52. The highest BCUT2D eigenvalue weighted by Crippen LogP contribution is 2.22. The molecule has 3 nitrogen and oxygen atoms in total. The Kier molecular flexibility index (Phi) is 7.15. The Morgan fingerprint density at radius 3 is 2.50 bits per heavy atom. The highest BCUT2D eigenvalue weighted by Gasteiger charge is 2.20. The first-order valence-electron chi connectivity index (χ1n) is 5.02. The van der Waals surface area contributed by atoms with Crippen molar-refractivity contribution < 1.29 is 9.53 Å². The van der Waals surface area contributed by atoms with Crippen LogP contribution < -0.4 is 5.73 Å². The van der Waals surface area contributed by atoms with E-state index in [4.69, 9.17) is 10.5 Å². The molecule has 1 unspecified atom stereocenters. The predicted molar refractivity (Wildman–Crippen MR) is 58.6 cm³/mol. The molecule has 1 heterocycles. The maximum atomic E-state index is 11.1. The topological polar surface area (TPSA) is 52.3 Å². The number of carbonyl (C=O) groups excluding carboxylic acids is 1. The molecule has 1 atom stereocenters. The maximum absolute atomic E-state index is 11.1. The fourth-order valence-corrected chi connectivity index (χ4v) is 1.81. The SMILES string of the molecule is CC(=O)C(CN)CC1CCOCC1.Cl. The average Bonchev–Trinajstić information content (AvgIpc) is 2.15. The molecule has 1 aliphatic heterocycles. The summed E-state index contributed by atoms with van der Waals surface area (Å²) in [4.78, 5) is 11.1. The highest BCUT2D eigenvalue weighted by molar-refractivity contribution is 5.85. The van der Waals surface area contributed by atoms with Crippen LogP contribution in [0.3, 0.4) is 0 Å². The van der Waals surface area contributed by atoms with Crippen LogP contribution >= 0.6 is 12.4 Å². The molecule has 1 aliphatic rings. The lowest BCUT2D eigenvalue weighted by Crippen LogP contribution is -2.27. The van der Waals surface area contributed by atoms with Crippen molar-refractivity contribution in [3.63, 3.8) is 0 Å². The van der Waals surface area contributed by atoms with Crippen molar-refractivity contribution in [2.24, 2.45) is 17.6 Å². The lowest BCUT2D eigenvalue weighted by molar-refractivity contribution is -0.121. The lowest BCUT2D eigenvalue weighted by atomic mass is 9.87. The Bertz CT molecular complexity index is 170. The van der Waals surface area contributed by atoms with Crippen molar-refractivity contribution in [2.75, 3.05) is 19.8 Å². The van der Waals surface area contributed by atoms with Gasteiger partial charge in [-0.25, -0.2) is 0 Å². The van der Waals surface area contributed by atoms with Gasteiger partial charge in [-0.2, -0.15) is 0 Å². The van der Waals surface area contributed by atoms with E-state index in [1.165, 1.54) is 0 Å². The monoisotopic (exact) mass is 221 g/mol. The average molecular weight is 222 g/mol. The Balaban J connectivity index is 0.00000169. The molecule has 0 aromatic rings. The Hall–Kier alpha value is -0.120. The van der Waals surface area contributed by atoms with E-state index in [2.05, 4.69) is 0 Å². The molecule has 14 heavy (non-hydrogen) atoms. The van der Waals surface area contributed by atoms with Crippen LogP contribution in [0.25, 0.3) is 0 Å². The summed E-state index contributed by atoms with van der Waals surface area (Å²) >= 11 is 0. The van der Waals surface area contributed by atoms with Crippen molar-refractivity contribution in [1.82, 2.24) is 0 Å².